The minimum atomic E-state index is 0.0748. The van der Waals surface area contributed by atoms with Crippen molar-refractivity contribution in [1.29, 1.82) is 0 Å². The fraction of sp³-hybridized carbons (Fsp3) is 0.889. The highest BCUT2D eigenvalue weighted by Gasteiger charge is 2.16. The molecule has 0 aliphatic rings. The molecule has 0 saturated heterocycles. The van der Waals surface area contributed by atoms with E-state index in [2.05, 4.69) is 41.5 Å². The first kappa shape index (κ1) is 20.3. The van der Waals surface area contributed by atoms with Crippen LogP contribution in [0.5, 0.6) is 0 Å². The fourth-order valence-electron chi connectivity index (χ4n) is 2.20. The van der Waals surface area contributed by atoms with Crippen molar-refractivity contribution in [2.24, 2.45) is 10.8 Å². The molecule has 0 aromatic rings. The fourth-order valence-corrected chi connectivity index (χ4v) is 2.20. The standard InChI is InChI=1S/C18H34O3/c1-17(2,3)13-15(19)9-7-11-21-12-8-10-16(20)14-18(4,5)6/h7-14H2,1-6H3. The molecule has 0 N–H and O–H groups in total. The van der Waals surface area contributed by atoms with Crippen molar-refractivity contribution in [3.8, 4) is 0 Å². The molecule has 21 heavy (non-hydrogen) atoms. The van der Waals surface area contributed by atoms with Gasteiger partial charge < -0.3 is 4.74 Å². The largest absolute Gasteiger partial charge is 0.381 e. The summed E-state index contributed by atoms with van der Waals surface area (Å²) in [6, 6.07) is 0. The molecular formula is C18H34O3. The Hall–Kier alpha value is -0.700. The van der Waals surface area contributed by atoms with Crippen molar-refractivity contribution in [3.05, 3.63) is 0 Å². The summed E-state index contributed by atoms with van der Waals surface area (Å²) in [6.07, 6.45) is 4.03. The maximum atomic E-state index is 11.7. The van der Waals surface area contributed by atoms with Gasteiger partial charge in [-0.3, -0.25) is 9.59 Å². The third-order valence-corrected chi connectivity index (χ3v) is 2.94. The molecule has 3 heteroatoms. The van der Waals surface area contributed by atoms with E-state index in [1.54, 1.807) is 0 Å². The Morgan fingerprint density at radius 3 is 1.33 bits per heavy atom. The average Bonchev–Trinajstić information content (AvgIpc) is 2.22. The van der Waals surface area contributed by atoms with Crippen LogP contribution in [0.3, 0.4) is 0 Å². The Balaban J connectivity index is 3.49. The first-order valence-electron chi connectivity index (χ1n) is 8.11. The first-order chi connectivity index (χ1) is 9.49. The normalized spacial score (nSPS) is 12.5. The van der Waals surface area contributed by atoms with Gasteiger partial charge in [-0.1, -0.05) is 41.5 Å². The number of hydrogen-bond donors (Lipinski definition) is 0. The molecule has 0 aromatic heterocycles. The van der Waals surface area contributed by atoms with Gasteiger partial charge in [0.1, 0.15) is 11.6 Å². The highest BCUT2D eigenvalue weighted by atomic mass is 16.5. The summed E-state index contributed by atoms with van der Waals surface area (Å²) in [5.74, 6) is 0.623. The van der Waals surface area contributed by atoms with Gasteiger partial charge in [-0.2, -0.15) is 0 Å². The smallest absolute Gasteiger partial charge is 0.133 e. The van der Waals surface area contributed by atoms with E-state index in [-0.39, 0.29) is 10.8 Å². The number of Topliss-reactive ketones (excluding diaryl/α,β-unsaturated/α-hetero) is 2. The summed E-state index contributed by atoms with van der Waals surface area (Å²) in [4.78, 5) is 23.3. The van der Waals surface area contributed by atoms with E-state index in [0.717, 1.165) is 12.8 Å². The summed E-state index contributed by atoms with van der Waals surface area (Å²) < 4.78 is 5.49. The number of carbonyl (C=O) groups excluding carboxylic acids is 2. The van der Waals surface area contributed by atoms with Crippen molar-refractivity contribution >= 4 is 11.6 Å². The molecule has 0 aliphatic heterocycles. The van der Waals surface area contributed by atoms with E-state index in [9.17, 15) is 9.59 Å². The van der Waals surface area contributed by atoms with E-state index < -0.39 is 0 Å². The molecule has 0 saturated carbocycles. The second-order valence-electron chi connectivity index (χ2n) is 8.37. The summed E-state index contributed by atoms with van der Waals surface area (Å²) in [7, 11) is 0. The molecule has 0 amide bonds. The Labute approximate surface area is 130 Å². The molecule has 0 spiro atoms. The third kappa shape index (κ3) is 15.5. The van der Waals surface area contributed by atoms with Gasteiger partial charge in [-0.15, -0.1) is 0 Å². The molecule has 0 heterocycles. The lowest BCUT2D eigenvalue weighted by molar-refractivity contribution is -0.121. The van der Waals surface area contributed by atoms with Crippen LogP contribution in [-0.2, 0) is 14.3 Å². The van der Waals surface area contributed by atoms with Gasteiger partial charge in [0.15, 0.2) is 0 Å². The molecular weight excluding hydrogens is 264 g/mol. The monoisotopic (exact) mass is 298 g/mol. The van der Waals surface area contributed by atoms with E-state index in [1.807, 2.05) is 0 Å². The lowest BCUT2D eigenvalue weighted by Crippen LogP contribution is -2.14. The maximum absolute atomic E-state index is 11.7. The van der Waals surface area contributed by atoms with Gasteiger partial charge in [-0.05, 0) is 23.7 Å². The summed E-state index contributed by atoms with van der Waals surface area (Å²) in [5.41, 5.74) is 0.150. The van der Waals surface area contributed by atoms with Crippen molar-refractivity contribution in [2.45, 2.75) is 80.1 Å². The van der Waals surface area contributed by atoms with Gasteiger partial charge in [0.05, 0.1) is 0 Å². The van der Waals surface area contributed by atoms with E-state index in [0.29, 0.717) is 50.5 Å². The number of hydrogen-bond acceptors (Lipinski definition) is 3. The molecule has 0 fully saturated rings. The lowest BCUT2D eigenvalue weighted by Gasteiger charge is -2.16. The Morgan fingerprint density at radius 2 is 1.05 bits per heavy atom. The second kappa shape index (κ2) is 9.34. The van der Waals surface area contributed by atoms with Crippen LogP contribution in [0.4, 0.5) is 0 Å². The number of carbonyl (C=O) groups is 2. The van der Waals surface area contributed by atoms with Crippen LogP contribution in [0.25, 0.3) is 0 Å². The molecule has 0 aliphatic carbocycles. The Morgan fingerprint density at radius 1 is 0.714 bits per heavy atom. The van der Waals surface area contributed by atoms with E-state index >= 15 is 0 Å². The second-order valence-corrected chi connectivity index (χ2v) is 8.37. The molecule has 0 unspecified atom stereocenters. The van der Waals surface area contributed by atoms with Crippen molar-refractivity contribution < 1.29 is 14.3 Å². The highest BCUT2D eigenvalue weighted by molar-refractivity contribution is 5.79. The minimum absolute atomic E-state index is 0.0748. The molecule has 0 rings (SSSR count). The quantitative estimate of drug-likeness (QED) is 0.555. The Kier molecular flexibility index (Phi) is 9.03. The summed E-state index contributed by atoms with van der Waals surface area (Å²) >= 11 is 0. The molecule has 0 atom stereocenters. The zero-order chi connectivity index (χ0) is 16.5. The molecule has 3 nitrogen and oxygen atoms in total. The molecule has 0 radical (unpaired) electrons. The van der Waals surface area contributed by atoms with Crippen LogP contribution in [0.2, 0.25) is 0 Å². The van der Waals surface area contributed by atoms with Crippen molar-refractivity contribution in [1.82, 2.24) is 0 Å². The van der Waals surface area contributed by atoms with E-state index in [4.69, 9.17) is 4.74 Å². The first-order valence-corrected chi connectivity index (χ1v) is 8.11. The van der Waals surface area contributed by atoms with Crippen LogP contribution >= 0.6 is 0 Å². The zero-order valence-electron chi connectivity index (χ0n) is 14.9. The van der Waals surface area contributed by atoms with Crippen LogP contribution < -0.4 is 0 Å². The summed E-state index contributed by atoms with van der Waals surface area (Å²) in [5, 5.41) is 0. The van der Waals surface area contributed by atoms with Crippen LogP contribution in [0.15, 0.2) is 0 Å². The minimum Gasteiger partial charge on any atom is -0.381 e. The predicted molar refractivity (Wildman–Crippen MR) is 87.4 cm³/mol. The maximum Gasteiger partial charge on any atom is 0.133 e. The number of ketones is 2. The lowest BCUT2D eigenvalue weighted by atomic mass is 9.89. The highest BCUT2D eigenvalue weighted by Crippen LogP contribution is 2.20. The van der Waals surface area contributed by atoms with Gasteiger partial charge >= 0.3 is 0 Å². The Bertz CT molecular complexity index is 286. The van der Waals surface area contributed by atoms with E-state index in [1.165, 1.54) is 0 Å². The number of rotatable bonds is 10. The SMILES string of the molecule is CC(C)(C)CC(=O)CCCOCCCC(=O)CC(C)(C)C. The molecule has 124 valence electrons. The van der Waals surface area contributed by atoms with Crippen LogP contribution in [-0.4, -0.2) is 24.8 Å². The number of ether oxygens (including phenoxy) is 1. The van der Waals surface area contributed by atoms with Crippen LogP contribution in [0, 0.1) is 10.8 Å². The topological polar surface area (TPSA) is 43.4 Å². The van der Waals surface area contributed by atoms with Gasteiger partial charge in [0.2, 0.25) is 0 Å². The van der Waals surface area contributed by atoms with Crippen LogP contribution in [0.1, 0.15) is 80.1 Å². The van der Waals surface area contributed by atoms with Gasteiger partial charge in [0.25, 0.3) is 0 Å². The van der Waals surface area contributed by atoms with Crippen molar-refractivity contribution in [3.63, 3.8) is 0 Å². The predicted octanol–water partition coefficient (Wildman–Crippen LogP) is 4.57. The van der Waals surface area contributed by atoms with Gasteiger partial charge in [-0.25, -0.2) is 0 Å². The zero-order valence-corrected chi connectivity index (χ0v) is 14.9. The average molecular weight is 298 g/mol. The molecule has 0 bridgehead atoms. The van der Waals surface area contributed by atoms with Gasteiger partial charge in [0, 0.05) is 38.9 Å². The van der Waals surface area contributed by atoms with Crippen molar-refractivity contribution in [2.75, 3.05) is 13.2 Å². The molecule has 0 aromatic carbocycles. The summed E-state index contributed by atoms with van der Waals surface area (Å²) in [6.45, 7) is 13.7. The third-order valence-electron chi connectivity index (χ3n) is 2.94.